The van der Waals surface area contributed by atoms with Crippen LogP contribution in [0.1, 0.15) is 28.3 Å². The Bertz CT molecular complexity index is 847. The first kappa shape index (κ1) is 15.7. The van der Waals surface area contributed by atoms with Crippen molar-refractivity contribution in [2.45, 2.75) is 31.8 Å². The van der Waals surface area contributed by atoms with E-state index in [4.69, 9.17) is 0 Å². The lowest BCUT2D eigenvalue weighted by atomic mass is 9.98. The molecule has 2 aliphatic heterocycles. The van der Waals surface area contributed by atoms with Crippen LogP contribution in [0.4, 0.5) is 5.69 Å². The zero-order valence-electron chi connectivity index (χ0n) is 14.1. The van der Waals surface area contributed by atoms with Gasteiger partial charge in [-0.05, 0) is 35.6 Å². The molecule has 0 aromatic heterocycles. The van der Waals surface area contributed by atoms with Crippen LogP contribution in [0, 0.1) is 6.92 Å². The van der Waals surface area contributed by atoms with Crippen LogP contribution in [0.15, 0.2) is 42.5 Å². The van der Waals surface area contributed by atoms with Crippen molar-refractivity contribution in [3.8, 4) is 0 Å². The first-order valence-electron chi connectivity index (χ1n) is 8.64. The number of nitrogens with one attached hydrogen (secondary N) is 3. The number of rotatable bonds is 2. The van der Waals surface area contributed by atoms with E-state index in [9.17, 15) is 9.59 Å². The summed E-state index contributed by atoms with van der Waals surface area (Å²) in [6.45, 7) is 2.62. The van der Waals surface area contributed by atoms with Crippen molar-refractivity contribution in [1.82, 2.24) is 10.6 Å². The van der Waals surface area contributed by atoms with E-state index >= 15 is 0 Å². The van der Waals surface area contributed by atoms with Crippen LogP contribution in [-0.4, -0.2) is 24.4 Å². The molecule has 2 aromatic rings. The highest BCUT2D eigenvalue weighted by molar-refractivity contribution is 5.93. The molecule has 0 bridgehead atoms. The first-order valence-corrected chi connectivity index (χ1v) is 8.64. The molecule has 2 aromatic carbocycles. The maximum atomic E-state index is 12.8. The molecule has 0 aliphatic carbocycles. The number of hydrogen-bond acceptors (Lipinski definition) is 3. The van der Waals surface area contributed by atoms with Crippen molar-refractivity contribution < 1.29 is 9.59 Å². The SMILES string of the molecule is Cc1cccc2c1NC(C(=O)NC1C(=O)NCCc3ccccc31)C2. The maximum absolute atomic E-state index is 12.8. The summed E-state index contributed by atoms with van der Waals surface area (Å²) in [6, 6.07) is 12.9. The molecule has 5 nitrogen and oxygen atoms in total. The zero-order valence-corrected chi connectivity index (χ0v) is 14.1. The summed E-state index contributed by atoms with van der Waals surface area (Å²) < 4.78 is 0. The molecule has 5 heteroatoms. The molecule has 2 amide bonds. The lowest BCUT2D eigenvalue weighted by molar-refractivity contribution is -0.129. The van der Waals surface area contributed by atoms with Gasteiger partial charge in [0.1, 0.15) is 12.1 Å². The van der Waals surface area contributed by atoms with Gasteiger partial charge in [0.2, 0.25) is 11.8 Å². The molecular formula is C20H21N3O2. The molecule has 0 spiro atoms. The number of anilines is 1. The van der Waals surface area contributed by atoms with Crippen molar-refractivity contribution in [1.29, 1.82) is 0 Å². The molecule has 2 unspecified atom stereocenters. The Labute approximate surface area is 146 Å². The van der Waals surface area contributed by atoms with Gasteiger partial charge in [0.05, 0.1) is 0 Å². The molecule has 2 aliphatic rings. The highest BCUT2D eigenvalue weighted by atomic mass is 16.2. The number of amides is 2. The van der Waals surface area contributed by atoms with Crippen LogP contribution in [0.5, 0.6) is 0 Å². The summed E-state index contributed by atoms with van der Waals surface area (Å²) in [6.07, 6.45) is 1.42. The molecule has 0 fully saturated rings. The number of carbonyl (C=O) groups excluding carboxylic acids is 2. The predicted octanol–water partition coefficient (Wildman–Crippen LogP) is 1.86. The smallest absolute Gasteiger partial charge is 0.247 e. The van der Waals surface area contributed by atoms with Crippen molar-refractivity contribution >= 4 is 17.5 Å². The van der Waals surface area contributed by atoms with E-state index in [1.165, 1.54) is 0 Å². The van der Waals surface area contributed by atoms with E-state index in [1.807, 2.05) is 49.4 Å². The Morgan fingerprint density at radius 3 is 2.76 bits per heavy atom. The van der Waals surface area contributed by atoms with Crippen molar-refractivity contribution in [2.75, 3.05) is 11.9 Å². The zero-order chi connectivity index (χ0) is 17.4. The van der Waals surface area contributed by atoms with Crippen LogP contribution < -0.4 is 16.0 Å². The first-order chi connectivity index (χ1) is 12.1. The van der Waals surface area contributed by atoms with Gasteiger partial charge >= 0.3 is 0 Å². The second kappa shape index (κ2) is 6.24. The molecule has 2 heterocycles. The van der Waals surface area contributed by atoms with Gasteiger partial charge < -0.3 is 16.0 Å². The molecule has 0 saturated heterocycles. The van der Waals surface area contributed by atoms with Crippen LogP contribution in [-0.2, 0) is 22.4 Å². The third-order valence-electron chi connectivity index (χ3n) is 5.03. The normalized spacial score (nSPS) is 21.4. The van der Waals surface area contributed by atoms with Gasteiger partial charge in [0.15, 0.2) is 0 Å². The van der Waals surface area contributed by atoms with Crippen molar-refractivity contribution in [3.63, 3.8) is 0 Å². The highest BCUT2D eigenvalue weighted by Crippen LogP contribution is 2.29. The average molecular weight is 335 g/mol. The summed E-state index contributed by atoms with van der Waals surface area (Å²) in [4.78, 5) is 25.3. The van der Waals surface area contributed by atoms with Gasteiger partial charge in [-0.3, -0.25) is 9.59 Å². The minimum absolute atomic E-state index is 0.146. The van der Waals surface area contributed by atoms with Crippen LogP contribution in [0.3, 0.4) is 0 Å². The van der Waals surface area contributed by atoms with Crippen LogP contribution in [0.2, 0.25) is 0 Å². The second-order valence-corrected chi connectivity index (χ2v) is 6.69. The average Bonchev–Trinajstić information content (AvgIpc) is 2.99. The molecule has 0 radical (unpaired) electrons. The predicted molar refractivity (Wildman–Crippen MR) is 96.3 cm³/mol. The summed E-state index contributed by atoms with van der Waals surface area (Å²) in [5.41, 5.74) is 5.30. The fourth-order valence-electron chi connectivity index (χ4n) is 3.70. The lowest BCUT2D eigenvalue weighted by Crippen LogP contribution is -2.45. The molecule has 4 rings (SSSR count). The number of hydrogen-bond donors (Lipinski definition) is 3. The molecule has 25 heavy (non-hydrogen) atoms. The summed E-state index contributed by atoms with van der Waals surface area (Å²) >= 11 is 0. The van der Waals surface area contributed by atoms with Crippen molar-refractivity contribution in [2.24, 2.45) is 0 Å². The van der Waals surface area contributed by atoms with E-state index in [0.29, 0.717) is 13.0 Å². The largest absolute Gasteiger partial charge is 0.373 e. The van der Waals surface area contributed by atoms with E-state index in [1.54, 1.807) is 0 Å². The minimum Gasteiger partial charge on any atom is -0.373 e. The second-order valence-electron chi connectivity index (χ2n) is 6.69. The summed E-state index contributed by atoms with van der Waals surface area (Å²) in [5, 5.41) is 9.14. The Balaban J connectivity index is 1.55. The third-order valence-corrected chi connectivity index (χ3v) is 5.03. The van der Waals surface area contributed by atoms with E-state index in [2.05, 4.69) is 16.0 Å². The molecular weight excluding hydrogens is 314 g/mol. The molecule has 2 atom stereocenters. The fourth-order valence-corrected chi connectivity index (χ4v) is 3.70. The Morgan fingerprint density at radius 2 is 1.92 bits per heavy atom. The standard InChI is InChI=1S/C20H21N3O2/c1-12-5-4-7-14-11-16(22-17(12)14)19(24)23-18-15-8-3-2-6-13(15)9-10-21-20(18)25/h2-8,16,18,22H,9-11H2,1H3,(H,21,25)(H,23,24). The third kappa shape index (κ3) is 2.86. The number of fused-ring (bicyclic) bond motifs is 2. The van der Waals surface area contributed by atoms with Gasteiger partial charge in [-0.1, -0.05) is 42.5 Å². The maximum Gasteiger partial charge on any atom is 0.247 e. The van der Waals surface area contributed by atoms with E-state index < -0.39 is 6.04 Å². The summed E-state index contributed by atoms with van der Waals surface area (Å²) in [5.74, 6) is -0.294. The Kier molecular flexibility index (Phi) is 3.92. The van der Waals surface area contributed by atoms with E-state index in [-0.39, 0.29) is 17.9 Å². The molecule has 0 saturated carbocycles. The monoisotopic (exact) mass is 335 g/mol. The van der Waals surface area contributed by atoms with Crippen LogP contribution in [0.25, 0.3) is 0 Å². The van der Waals surface area contributed by atoms with Crippen molar-refractivity contribution in [3.05, 3.63) is 64.7 Å². The highest BCUT2D eigenvalue weighted by Gasteiger charge is 2.32. The van der Waals surface area contributed by atoms with Crippen LogP contribution >= 0.6 is 0 Å². The molecule has 128 valence electrons. The number of aryl methyl sites for hydroxylation is 1. The Morgan fingerprint density at radius 1 is 1.12 bits per heavy atom. The van der Waals surface area contributed by atoms with E-state index in [0.717, 1.165) is 34.4 Å². The summed E-state index contributed by atoms with van der Waals surface area (Å²) in [7, 11) is 0. The van der Waals surface area contributed by atoms with Gasteiger partial charge in [-0.15, -0.1) is 0 Å². The molecule has 3 N–H and O–H groups in total. The minimum atomic E-state index is -0.641. The lowest BCUT2D eigenvalue weighted by Gasteiger charge is -2.20. The number of benzene rings is 2. The topological polar surface area (TPSA) is 70.2 Å². The Hall–Kier alpha value is -2.82. The number of carbonyl (C=O) groups is 2. The fraction of sp³-hybridized carbons (Fsp3) is 0.300. The van der Waals surface area contributed by atoms with Gasteiger partial charge in [0, 0.05) is 18.7 Å². The van der Waals surface area contributed by atoms with Gasteiger partial charge in [0.25, 0.3) is 0 Å². The van der Waals surface area contributed by atoms with Gasteiger partial charge in [-0.2, -0.15) is 0 Å². The van der Waals surface area contributed by atoms with Gasteiger partial charge in [-0.25, -0.2) is 0 Å². The quantitative estimate of drug-likeness (QED) is 0.785. The number of para-hydroxylation sites is 1.